The van der Waals surface area contributed by atoms with E-state index in [0.29, 0.717) is 15.4 Å². The minimum Gasteiger partial charge on any atom is -0.296 e. The van der Waals surface area contributed by atoms with Gasteiger partial charge in [-0.3, -0.25) is 14.1 Å². The first-order valence-electron chi connectivity index (χ1n) is 7.22. The summed E-state index contributed by atoms with van der Waals surface area (Å²) in [6.45, 7) is 3.83. The lowest BCUT2D eigenvalue weighted by atomic mass is 10.3. The van der Waals surface area contributed by atoms with Crippen LogP contribution >= 0.6 is 22.9 Å². The summed E-state index contributed by atoms with van der Waals surface area (Å²) in [5, 5.41) is 0.317. The summed E-state index contributed by atoms with van der Waals surface area (Å²) in [4.78, 5) is 12.1. The van der Waals surface area contributed by atoms with Crippen LogP contribution in [0.25, 0.3) is 10.2 Å². The third kappa shape index (κ3) is 3.07. The number of aromatic nitrogens is 1. The maximum Gasteiger partial charge on any atom is 0.308 e. The highest BCUT2D eigenvalue weighted by atomic mass is 35.5. The summed E-state index contributed by atoms with van der Waals surface area (Å²) in [7, 11) is -3.79. The van der Waals surface area contributed by atoms with Crippen LogP contribution in [0.2, 0.25) is 5.02 Å². The van der Waals surface area contributed by atoms with Crippen molar-refractivity contribution >= 4 is 48.9 Å². The molecule has 8 heteroatoms. The number of halogens is 1. The van der Waals surface area contributed by atoms with Gasteiger partial charge in [-0.05, 0) is 44.2 Å². The molecule has 0 bridgehead atoms. The van der Waals surface area contributed by atoms with Crippen LogP contribution in [-0.4, -0.2) is 13.0 Å². The number of anilines is 1. The molecule has 0 atom stereocenters. The normalized spacial score (nSPS) is 12.0. The van der Waals surface area contributed by atoms with Crippen LogP contribution in [0.3, 0.4) is 0 Å². The molecule has 0 saturated carbocycles. The van der Waals surface area contributed by atoms with Gasteiger partial charge in [0, 0.05) is 6.04 Å². The molecule has 0 fully saturated rings. The minimum absolute atomic E-state index is 0.00922. The van der Waals surface area contributed by atoms with Crippen LogP contribution in [0.15, 0.2) is 52.2 Å². The monoisotopic (exact) mass is 382 g/mol. The molecule has 0 unspecified atom stereocenters. The molecule has 1 heterocycles. The first-order valence-corrected chi connectivity index (χ1v) is 9.90. The number of hydrogen-bond donors (Lipinski definition) is 1. The Morgan fingerprint density at radius 2 is 1.88 bits per heavy atom. The van der Waals surface area contributed by atoms with Gasteiger partial charge < -0.3 is 0 Å². The molecule has 0 aliphatic carbocycles. The van der Waals surface area contributed by atoms with Gasteiger partial charge >= 0.3 is 4.87 Å². The fourth-order valence-corrected chi connectivity index (χ4v) is 4.89. The maximum absolute atomic E-state index is 12.6. The third-order valence-corrected chi connectivity index (χ3v) is 6.14. The van der Waals surface area contributed by atoms with Crippen LogP contribution < -0.4 is 9.60 Å². The Balaban J connectivity index is 2.06. The Kier molecular flexibility index (Phi) is 4.42. The Morgan fingerprint density at radius 1 is 1.17 bits per heavy atom. The van der Waals surface area contributed by atoms with Crippen molar-refractivity contribution in [2.45, 2.75) is 24.8 Å². The van der Waals surface area contributed by atoms with E-state index in [4.69, 9.17) is 11.6 Å². The Labute approximate surface area is 148 Å². The number of thiazole rings is 1. The lowest BCUT2D eigenvalue weighted by Crippen LogP contribution is -2.15. The van der Waals surface area contributed by atoms with Gasteiger partial charge in [0.25, 0.3) is 10.0 Å². The fraction of sp³-hybridized carbons (Fsp3) is 0.188. The molecule has 126 valence electrons. The second-order valence-electron chi connectivity index (χ2n) is 5.55. The highest BCUT2D eigenvalue weighted by Gasteiger charge is 2.18. The molecule has 0 amide bonds. The van der Waals surface area contributed by atoms with Crippen LogP contribution in [0, 0.1) is 0 Å². The van der Waals surface area contributed by atoms with Gasteiger partial charge in [0.2, 0.25) is 0 Å². The largest absolute Gasteiger partial charge is 0.308 e. The van der Waals surface area contributed by atoms with Crippen molar-refractivity contribution in [3.05, 3.63) is 57.2 Å². The Hall–Kier alpha value is -1.83. The second-order valence-corrected chi connectivity index (χ2v) is 8.63. The van der Waals surface area contributed by atoms with Gasteiger partial charge in [0.05, 0.1) is 25.8 Å². The summed E-state index contributed by atoms with van der Waals surface area (Å²) in [6.07, 6.45) is 0. The van der Waals surface area contributed by atoms with Crippen molar-refractivity contribution in [1.29, 1.82) is 0 Å². The number of rotatable bonds is 4. The summed E-state index contributed by atoms with van der Waals surface area (Å²) in [6, 6.07) is 11.3. The zero-order valence-corrected chi connectivity index (χ0v) is 15.4. The van der Waals surface area contributed by atoms with Crippen LogP contribution in [-0.2, 0) is 10.0 Å². The molecule has 1 aromatic heterocycles. The standard InChI is InChI=1S/C16H15ClN2O3S2/c1-10(2)19-14-8-7-11(9-15(14)23-16(19)20)24(21,22)18-13-6-4-3-5-12(13)17/h3-10,18H,1-2H3. The van der Waals surface area contributed by atoms with Crippen molar-refractivity contribution < 1.29 is 8.42 Å². The van der Waals surface area contributed by atoms with Gasteiger partial charge in [0.15, 0.2) is 0 Å². The van der Waals surface area contributed by atoms with E-state index >= 15 is 0 Å². The van der Waals surface area contributed by atoms with E-state index in [9.17, 15) is 13.2 Å². The van der Waals surface area contributed by atoms with Gasteiger partial charge in [-0.1, -0.05) is 35.1 Å². The maximum atomic E-state index is 12.6. The van der Waals surface area contributed by atoms with Crippen molar-refractivity contribution in [3.8, 4) is 0 Å². The molecule has 0 aliphatic rings. The first-order chi connectivity index (χ1) is 11.3. The molecule has 0 aliphatic heterocycles. The van der Waals surface area contributed by atoms with Crippen LogP contribution in [0.1, 0.15) is 19.9 Å². The van der Waals surface area contributed by atoms with E-state index in [-0.39, 0.29) is 15.8 Å². The quantitative estimate of drug-likeness (QED) is 0.738. The molecule has 0 spiro atoms. The fourth-order valence-electron chi connectivity index (χ4n) is 2.42. The van der Waals surface area contributed by atoms with E-state index in [1.807, 2.05) is 13.8 Å². The predicted octanol–water partition coefficient (Wildman–Crippen LogP) is 4.10. The third-order valence-electron chi connectivity index (χ3n) is 3.53. The lowest BCUT2D eigenvalue weighted by Gasteiger charge is -2.10. The molecule has 1 N–H and O–H groups in total. The van der Waals surface area contributed by atoms with Gasteiger partial charge in [0.1, 0.15) is 0 Å². The molecule has 3 aromatic rings. The first kappa shape index (κ1) is 17.0. The SMILES string of the molecule is CC(C)n1c(=O)sc2cc(S(=O)(=O)Nc3ccccc3Cl)ccc21. The van der Waals surface area contributed by atoms with Gasteiger partial charge in [-0.25, -0.2) is 8.42 Å². The predicted molar refractivity (Wildman–Crippen MR) is 98.7 cm³/mol. The van der Waals surface area contributed by atoms with E-state index in [1.54, 1.807) is 34.9 Å². The van der Waals surface area contributed by atoms with Gasteiger partial charge in [-0.15, -0.1) is 0 Å². The average Bonchev–Trinajstić information content (AvgIpc) is 2.84. The van der Waals surface area contributed by atoms with Crippen LogP contribution in [0.4, 0.5) is 5.69 Å². The highest BCUT2D eigenvalue weighted by Crippen LogP contribution is 2.27. The molecular weight excluding hydrogens is 368 g/mol. The van der Waals surface area contributed by atoms with Crippen molar-refractivity contribution in [2.75, 3.05) is 4.72 Å². The molecule has 0 radical (unpaired) electrons. The smallest absolute Gasteiger partial charge is 0.296 e. The van der Waals surface area contributed by atoms with Gasteiger partial charge in [-0.2, -0.15) is 0 Å². The van der Waals surface area contributed by atoms with Crippen molar-refractivity contribution in [2.24, 2.45) is 0 Å². The zero-order valence-electron chi connectivity index (χ0n) is 13.0. The number of hydrogen-bond acceptors (Lipinski definition) is 4. The number of sulfonamides is 1. The lowest BCUT2D eigenvalue weighted by molar-refractivity contribution is 0.601. The minimum atomic E-state index is -3.79. The van der Waals surface area contributed by atoms with Crippen LogP contribution in [0.5, 0.6) is 0 Å². The number of benzene rings is 2. The van der Waals surface area contributed by atoms with E-state index < -0.39 is 10.0 Å². The molecule has 2 aromatic carbocycles. The van der Waals surface area contributed by atoms with Crippen molar-refractivity contribution in [3.63, 3.8) is 0 Å². The highest BCUT2D eigenvalue weighted by molar-refractivity contribution is 7.92. The van der Waals surface area contributed by atoms with E-state index in [1.165, 1.54) is 12.1 Å². The summed E-state index contributed by atoms with van der Waals surface area (Å²) in [5.74, 6) is 0. The van der Waals surface area contributed by atoms with Crippen molar-refractivity contribution in [1.82, 2.24) is 4.57 Å². The number of nitrogens with one attached hydrogen (secondary N) is 1. The second kappa shape index (κ2) is 6.23. The summed E-state index contributed by atoms with van der Waals surface area (Å²) >= 11 is 7.04. The van der Waals surface area contributed by atoms with E-state index in [2.05, 4.69) is 4.72 Å². The summed E-state index contributed by atoms with van der Waals surface area (Å²) < 4.78 is 29.9. The molecule has 0 saturated heterocycles. The molecule has 24 heavy (non-hydrogen) atoms. The molecule has 5 nitrogen and oxygen atoms in total. The summed E-state index contributed by atoms with van der Waals surface area (Å²) in [5.41, 5.74) is 1.05. The molecular formula is C16H15ClN2O3S2. The average molecular weight is 383 g/mol. The topological polar surface area (TPSA) is 68.2 Å². The number of para-hydroxylation sites is 1. The zero-order chi connectivity index (χ0) is 17.5. The number of nitrogens with zero attached hydrogens (tertiary/aromatic N) is 1. The molecule has 3 rings (SSSR count). The Morgan fingerprint density at radius 3 is 2.54 bits per heavy atom. The number of fused-ring (bicyclic) bond motifs is 1. The Bertz CT molecular complexity index is 1070. The van der Waals surface area contributed by atoms with E-state index in [0.717, 1.165) is 16.9 Å².